The number of nitrogens with zero attached hydrogens (tertiary/aromatic N) is 2. The largest absolute Gasteiger partial charge is 0.325 e. The molecule has 17 heavy (non-hydrogen) atoms. The van der Waals surface area contributed by atoms with Crippen LogP contribution < -0.4 is 11.1 Å². The predicted octanol–water partition coefficient (Wildman–Crippen LogP) is 1.26. The molecule has 1 fully saturated rings. The van der Waals surface area contributed by atoms with Crippen LogP contribution in [0.15, 0.2) is 24.4 Å². The zero-order valence-electron chi connectivity index (χ0n) is 9.89. The third-order valence-electron chi connectivity index (χ3n) is 3.57. The van der Waals surface area contributed by atoms with Crippen molar-refractivity contribution in [1.29, 1.82) is 0 Å². The molecule has 4 nitrogen and oxygen atoms in total. The summed E-state index contributed by atoms with van der Waals surface area (Å²) in [6.07, 6.45) is 4.28. The van der Waals surface area contributed by atoms with Gasteiger partial charge in [0, 0.05) is 18.2 Å². The number of rotatable bonds is 2. The minimum atomic E-state index is 0.561. The fourth-order valence-electron chi connectivity index (χ4n) is 2.67. The van der Waals surface area contributed by atoms with Gasteiger partial charge in [0.25, 0.3) is 0 Å². The lowest BCUT2D eigenvalue weighted by Gasteiger charge is -2.22. The molecule has 0 amide bonds. The van der Waals surface area contributed by atoms with Gasteiger partial charge in [-0.25, -0.2) is 4.98 Å². The van der Waals surface area contributed by atoms with Crippen molar-refractivity contribution in [3.05, 3.63) is 35.9 Å². The summed E-state index contributed by atoms with van der Waals surface area (Å²) in [6.45, 7) is 2.74. The van der Waals surface area contributed by atoms with Crippen LogP contribution in [0.25, 0.3) is 5.52 Å². The van der Waals surface area contributed by atoms with Gasteiger partial charge in [-0.1, -0.05) is 6.07 Å². The van der Waals surface area contributed by atoms with Crippen molar-refractivity contribution < 1.29 is 0 Å². The van der Waals surface area contributed by atoms with E-state index in [-0.39, 0.29) is 0 Å². The molecule has 0 saturated carbocycles. The number of fused-ring (bicyclic) bond motifs is 1. The summed E-state index contributed by atoms with van der Waals surface area (Å²) >= 11 is 0. The van der Waals surface area contributed by atoms with Crippen LogP contribution in [0, 0.1) is 0 Å². The first-order chi connectivity index (χ1) is 8.40. The van der Waals surface area contributed by atoms with E-state index < -0.39 is 0 Å². The highest BCUT2D eigenvalue weighted by atomic mass is 15.0. The van der Waals surface area contributed by atoms with Crippen molar-refractivity contribution in [3.8, 4) is 0 Å². The lowest BCUT2D eigenvalue weighted by atomic mass is 9.97. The van der Waals surface area contributed by atoms with Crippen LogP contribution in [-0.4, -0.2) is 22.5 Å². The van der Waals surface area contributed by atoms with E-state index in [2.05, 4.69) is 26.8 Å². The fraction of sp³-hybridized carbons (Fsp3) is 0.462. The first-order valence-electron chi connectivity index (χ1n) is 6.26. The van der Waals surface area contributed by atoms with E-state index in [9.17, 15) is 0 Å². The number of imidazole rings is 1. The minimum absolute atomic E-state index is 0.561. The molecule has 1 saturated heterocycles. The van der Waals surface area contributed by atoms with E-state index in [0.717, 1.165) is 37.1 Å². The molecule has 3 N–H and O–H groups in total. The van der Waals surface area contributed by atoms with E-state index in [4.69, 9.17) is 5.73 Å². The van der Waals surface area contributed by atoms with Gasteiger partial charge in [-0.3, -0.25) is 4.40 Å². The maximum absolute atomic E-state index is 5.81. The quantitative estimate of drug-likeness (QED) is 0.816. The summed E-state index contributed by atoms with van der Waals surface area (Å²) in [6, 6.07) is 6.22. The summed E-state index contributed by atoms with van der Waals surface area (Å²) in [5.41, 5.74) is 8.11. The van der Waals surface area contributed by atoms with Crippen LogP contribution in [0.1, 0.15) is 30.3 Å². The Balaban J connectivity index is 2.09. The van der Waals surface area contributed by atoms with Crippen LogP contribution in [0.5, 0.6) is 0 Å². The molecule has 0 spiro atoms. The van der Waals surface area contributed by atoms with E-state index >= 15 is 0 Å². The normalized spacial score (nSPS) is 17.7. The molecule has 0 aliphatic carbocycles. The number of nitrogens with one attached hydrogen (secondary N) is 1. The number of aromatic nitrogens is 2. The van der Waals surface area contributed by atoms with Crippen LogP contribution in [-0.2, 0) is 6.54 Å². The topological polar surface area (TPSA) is 55.3 Å². The molecule has 1 aliphatic rings. The maximum Gasteiger partial charge on any atom is 0.116 e. The standard InChI is InChI=1S/C13H18N4/c14-8-11-2-1-3-12-9-16-13(17(11)12)10-4-6-15-7-5-10/h1-3,9-10,15H,4-8,14H2. The molecule has 90 valence electrons. The second-order valence-corrected chi connectivity index (χ2v) is 4.62. The van der Waals surface area contributed by atoms with Crippen LogP contribution in [0.3, 0.4) is 0 Å². The SMILES string of the molecule is NCc1cccc2cnc(C3CCNCC3)n12. The molecule has 2 aromatic rings. The lowest BCUT2D eigenvalue weighted by molar-refractivity contribution is 0.443. The van der Waals surface area contributed by atoms with Crippen molar-refractivity contribution in [1.82, 2.24) is 14.7 Å². The van der Waals surface area contributed by atoms with Gasteiger partial charge in [0.15, 0.2) is 0 Å². The third kappa shape index (κ3) is 1.83. The summed E-state index contributed by atoms with van der Waals surface area (Å²) in [5, 5.41) is 3.39. The number of nitrogens with two attached hydrogens (primary N) is 1. The second kappa shape index (κ2) is 4.47. The molecule has 1 aliphatic heterocycles. The predicted molar refractivity (Wildman–Crippen MR) is 67.9 cm³/mol. The summed E-state index contributed by atoms with van der Waals surface area (Å²) in [7, 11) is 0. The fourth-order valence-corrected chi connectivity index (χ4v) is 2.67. The van der Waals surface area contributed by atoms with Crippen LogP contribution >= 0.6 is 0 Å². The van der Waals surface area contributed by atoms with Crippen LogP contribution in [0.2, 0.25) is 0 Å². The number of piperidine rings is 1. The van der Waals surface area contributed by atoms with Crippen molar-refractivity contribution in [2.45, 2.75) is 25.3 Å². The Morgan fingerprint density at radius 2 is 2.18 bits per heavy atom. The Labute approximate surface area is 101 Å². The van der Waals surface area contributed by atoms with Crippen molar-refractivity contribution >= 4 is 5.52 Å². The summed E-state index contributed by atoms with van der Waals surface area (Å²) in [5.74, 6) is 1.74. The van der Waals surface area contributed by atoms with Crippen molar-refractivity contribution in [3.63, 3.8) is 0 Å². The summed E-state index contributed by atoms with van der Waals surface area (Å²) < 4.78 is 2.23. The van der Waals surface area contributed by atoms with Gasteiger partial charge in [0.05, 0.1) is 11.7 Å². The zero-order valence-corrected chi connectivity index (χ0v) is 9.89. The van der Waals surface area contributed by atoms with Gasteiger partial charge in [0.2, 0.25) is 0 Å². The molecule has 4 heteroatoms. The monoisotopic (exact) mass is 230 g/mol. The van der Waals surface area contributed by atoms with Gasteiger partial charge >= 0.3 is 0 Å². The van der Waals surface area contributed by atoms with Crippen molar-refractivity contribution in [2.24, 2.45) is 5.73 Å². The number of hydrogen-bond acceptors (Lipinski definition) is 3. The van der Waals surface area contributed by atoms with Gasteiger partial charge < -0.3 is 11.1 Å². The second-order valence-electron chi connectivity index (χ2n) is 4.62. The molecule has 0 atom stereocenters. The van der Waals surface area contributed by atoms with E-state index in [1.54, 1.807) is 0 Å². The molecular weight excluding hydrogens is 212 g/mol. The minimum Gasteiger partial charge on any atom is -0.325 e. The van der Waals surface area contributed by atoms with Gasteiger partial charge in [-0.05, 0) is 38.1 Å². The molecule has 0 radical (unpaired) electrons. The molecule has 2 aromatic heterocycles. The average Bonchev–Trinajstić information content (AvgIpc) is 2.83. The van der Waals surface area contributed by atoms with E-state index in [1.807, 2.05) is 12.3 Å². The van der Waals surface area contributed by atoms with E-state index in [1.165, 1.54) is 5.82 Å². The highest BCUT2D eigenvalue weighted by Gasteiger charge is 2.20. The Morgan fingerprint density at radius 3 is 2.94 bits per heavy atom. The number of pyridine rings is 1. The summed E-state index contributed by atoms with van der Waals surface area (Å²) in [4.78, 5) is 4.61. The Hall–Kier alpha value is -1.39. The molecule has 3 rings (SSSR count). The molecular formula is C13H18N4. The van der Waals surface area contributed by atoms with Gasteiger partial charge in [0.1, 0.15) is 5.82 Å². The Kier molecular flexibility index (Phi) is 2.82. The Bertz CT molecular complexity index is 511. The van der Waals surface area contributed by atoms with Crippen LogP contribution in [0.4, 0.5) is 0 Å². The maximum atomic E-state index is 5.81. The third-order valence-corrected chi connectivity index (χ3v) is 3.57. The zero-order chi connectivity index (χ0) is 11.7. The molecule has 3 heterocycles. The van der Waals surface area contributed by atoms with E-state index in [0.29, 0.717) is 12.5 Å². The smallest absolute Gasteiger partial charge is 0.116 e. The van der Waals surface area contributed by atoms with Crippen molar-refractivity contribution in [2.75, 3.05) is 13.1 Å². The van der Waals surface area contributed by atoms with Gasteiger partial charge in [-0.2, -0.15) is 0 Å². The lowest BCUT2D eigenvalue weighted by Crippen LogP contribution is -2.27. The average molecular weight is 230 g/mol. The molecule has 0 aromatic carbocycles. The molecule has 0 bridgehead atoms. The highest BCUT2D eigenvalue weighted by molar-refractivity contribution is 5.48. The number of hydrogen-bond donors (Lipinski definition) is 2. The Morgan fingerprint density at radius 1 is 1.35 bits per heavy atom. The first kappa shape index (κ1) is 10.7. The van der Waals surface area contributed by atoms with Gasteiger partial charge in [-0.15, -0.1) is 0 Å². The first-order valence-corrected chi connectivity index (χ1v) is 6.26. The highest BCUT2D eigenvalue weighted by Crippen LogP contribution is 2.25. The molecule has 0 unspecified atom stereocenters.